The van der Waals surface area contributed by atoms with Gasteiger partial charge in [0.2, 0.25) is 0 Å². The molecule has 0 amide bonds. The second-order valence-electron chi connectivity index (χ2n) is 2.89. The van der Waals surface area contributed by atoms with Crippen LogP contribution in [0, 0.1) is 5.92 Å². The van der Waals surface area contributed by atoms with E-state index in [-0.39, 0.29) is 5.92 Å². The van der Waals surface area contributed by atoms with Crippen molar-refractivity contribution in [3.63, 3.8) is 0 Å². The van der Waals surface area contributed by atoms with Gasteiger partial charge in [-0.3, -0.25) is 4.94 Å². The Labute approximate surface area is 66.0 Å². The van der Waals surface area contributed by atoms with Gasteiger partial charge in [-0.15, -0.1) is 0 Å². The molecule has 0 aliphatic rings. The number of nitrogens with zero attached hydrogens (tertiary/aromatic N) is 1. The van der Waals surface area contributed by atoms with E-state index in [0.29, 0.717) is 6.42 Å². The Kier molecular flexibility index (Phi) is 4.77. The van der Waals surface area contributed by atoms with Crippen LogP contribution in [0.15, 0.2) is 0 Å². The molecule has 1 atom stereocenters. The van der Waals surface area contributed by atoms with Crippen LogP contribution in [0.5, 0.6) is 0 Å². The van der Waals surface area contributed by atoms with Crippen molar-refractivity contribution in [3.8, 4) is 0 Å². The molecule has 0 spiro atoms. The zero-order valence-corrected chi connectivity index (χ0v) is 7.13. The van der Waals surface area contributed by atoms with E-state index in [2.05, 4.69) is 4.94 Å². The molecule has 0 bridgehead atoms. The van der Waals surface area contributed by atoms with E-state index in [1.54, 1.807) is 6.92 Å². The molecule has 0 aromatic heterocycles. The zero-order valence-electron chi connectivity index (χ0n) is 7.13. The highest BCUT2D eigenvalue weighted by atomic mass is 19.3. The fraction of sp³-hybridized carbons (Fsp3) is 0.857. The van der Waals surface area contributed by atoms with Crippen LogP contribution in [0.4, 0.5) is 4.53 Å². The van der Waals surface area contributed by atoms with Crippen LogP contribution >= 0.6 is 0 Å². The van der Waals surface area contributed by atoms with E-state index in [9.17, 15) is 9.32 Å². The van der Waals surface area contributed by atoms with Gasteiger partial charge in [-0.05, 0) is 27.1 Å². The lowest BCUT2D eigenvalue weighted by Crippen LogP contribution is -2.20. The third-order valence-electron chi connectivity index (χ3n) is 1.49. The minimum atomic E-state index is -0.785. The Hall–Kier alpha value is -0.640. The van der Waals surface area contributed by atoms with E-state index in [0.717, 1.165) is 6.54 Å². The monoisotopic (exact) mass is 163 g/mol. The molecule has 66 valence electrons. The fourth-order valence-corrected chi connectivity index (χ4v) is 0.646. The van der Waals surface area contributed by atoms with Crippen molar-refractivity contribution in [2.75, 3.05) is 20.6 Å². The normalized spacial score (nSPS) is 13.2. The number of hydrogen-bond donors (Lipinski definition) is 0. The summed E-state index contributed by atoms with van der Waals surface area (Å²) >= 11 is 0. The number of carbonyl (C=O) groups is 1. The van der Waals surface area contributed by atoms with Gasteiger partial charge in [-0.2, -0.15) is 0 Å². The molecule has 0 aromatic rings. The van der Waals surface area contributed by atoms with Crippen molar-refractivity contribution in [1.29, 1.82) is 0 Å². The van der Waals surface area contributed by atoms with Crippen molar-refractivity contribution in [2.45, 2.75) is 13.3 Å². The second kappa shape index (κ2) is 5.07. The average Bonchev–Trinajstić information content (AvgIpc) is 1.98. The molecule has 0 fully saturated rings. The van der Waals surface area contributed by atoms with Gasteiger partial charge in [-0.25, -0.2) is 4.79 Å². The summed E-state index contributed by atoms with van der Waals surface area (Å²) in [5.41, 5.74) is 0. The maximum absolute atomic E-state index is 11.3. The Morgan fingerprint density at radius 2 is 2.18 bits per heavy atom. The lowest BCUT2D eigenvalue weighted by atomic mass is 10.1. The largest absolute Gasteiger partial charge is 0.351 e. The van der Waals surface area contributed by atoms with E-state index in [1.807, 2.05) is 19.0 Å². The van der Waals surface area contributed by atoms with E-state index < -0.39 is 5.97 Å². The molecule has 0 saturated heterocycles. The zero-order chi connectivity index (χ0) is 8.85. The standard InChI is InChI=1S/C7H14FNO2/c1-6(7(10)11-8)4-5-9(2)3/h6H,4-5H2,1-3H3. The molecule has 0 aliphatic heterocycles. The van der Waals surface area contributed by atoms with Gasteiger partial charge < -0.3 is 4.90 Å². The van der Waals surface area contributed by atoms with Gasteiger partial charge in [0.1, 0.15) is 0 Å². The van der Waals surface area contributed by atoms with Crippen molar-refractivity contribution < 1.29 is 14.3 Å². The molecule has 0 heterocycles. The highest BCUT2D eigenvalue weighted by molar-refractivity contribution is 5.71. The molecule has 0 rings (SSSR count). The minimum Gasteiger partial charge on any atom is -0.309 e. The summed E-state index contributed by atoms with van der Waals surface area (Å²) in [6.45, 7) is 2.40. The third-order valence-corrected chi connectivity index (χ3v) is 1.49. The summed E-state index contributed by atoms with van der Waals surface area (Å²) in [6, 6.07) is 0. The topological polar surface area (TPSA) is 29.5 Å². The fourth-order valence-electron chi connectivity index (χ4n) is 0.646. The van der Waals surface area contributed by atoms with Crippen LogP contribution in [0.2, 0.25) is 0 Å². The maximum Gasteiger partial charge on any atom is 0.351 e. The van der Waals surface area contributed by atoms with Gasteiger partial charge in [0.05, 0.1) is 5.92 Å². The van der Waals surface area contributed by atoms with Crippen LogP contribution in [-0.4, -0.2) is 31.5 Å². The van der Waals surface area contributed by atoms with E-state index in [1.165, 1.54) is 0 Å². The van der Waals surface area contributed by atoms with Crippen LogP contribution in [0.25, 0.3) is 0 Å². The summed E-state index contributed by atoms with van der Waals surface area (Å²) in [7, 11) is 3.79. The average molecular weight is 163 g/mol. The number of hydrogen-bond acceptors (Lipinski definition) is 3. The molecular weight excluding hydrogens is 149 g/mol. The summed E-state index contributed by atoms with van der Waals surface area (Å²) < 4.78 is 11.3. The molecule has 4 heteroatoms. The Morgan fingerprint density at radius 3 is 2.55 bits per heavy atom. The second-order valence-corrected chi connectivity index (χ2v) is 2.89. The van der Waals surface area contributed by atoms with Gasteiger partial charge in [0, 0.05) is 4.53 Å². The SMILES string of the molecule is CC(CCN(C)C)C(=O)OF. The number of carbonyl (C=O) groups excluding carboxylic acids is 1. The van der Waals surface area contributed by atoms with Crippen LogP contribution < -0.4 is 0 Å². The van der Waals surface area contributed by atoms with Crippen LogP contribution in [0.1, 0.15) is 13.3 Å². The molecule has 1 unspecified atom stereocenters. The third kappa shape index (κ3) is 4.72. The molecule has 0 aromatic carbocycles. The predicted molar refractivity (Wildman–Crippen MR) is 39.5 cm³/mol. The number of halogens is 1. The van der Waals surface area contributed by atoms with E-state index >= 15 is 0 Å². The van der Waals surface area contributed by atoms with Crippen LogP contribution in [-0.2, 0) is 9.74 Å². The maximum atomic E-state index is 11.3. The first-order valence-corrected chi connectivity index (χ1v) is 3.55. The summed E-state index contributed by atoms with van der Waals surface area (Å²) in [5, 5.41) is 0. The van der Waals surface area contributed by atoms with Crippen molar-refractivity contribution in [1.82, 2.24) is 4.90 Å². The lowest BCUT2D eigenvalue weighted by Gasteiger charge is -2.11. The highest BCUT2D eigenvalue weighted by Gasteiger charge is 2.14. The summed E-state index contributed by atoms with van der Waals surface area (Å²) in [6.07, 6.45) is 0.621. The smallest absolute Gasteiger partial charge is 0.309 e. The molecule has 3 nitrogen and oxygen atoms in total. The first-order valence-electron chi connectivity index (χ1n) is 3.55. The number of rotatable bonds is 4. The first-order chi connectivity index (χ1) is 5.07. The minimum absolute atomic E-state index is 0.359. The van der Waals surface area contributed by atoms with Gasteiger partial charge in [0.15, 0.2) is 0 Å². The Morgan fingerprint density at radius 1 is 1.64 bits per heavy atom. The van der Waals surface area contributed by atoms with Crippen molar-refractivity contribution >= 4 is 5.97 Å². The van der Waals surface area contributed by atoms with Gasteiger partial charge in [-0.1, -0.05) is 6.92 Å². The lowest BCUT2D eigenvalue weighted by molar-refractivity contribution is -0.188. The molecular formula is C7H14FNO2. The Balaban J connectivity index is 3.52. The molecule has 0 saturated carbocycles. The quantitative estimate of drug-likeness (QED) is 0.619. The summed E-state index contributed by atoms with van der Waals surface area (Å²) in [4.78, 5) is 15.5. The molecule has 11 heavy (non-hydrogen) atoms. The molecule has 0 radical (unpaired) electrons. The molecule has 0 N–H and O–H groups in total. The van der Waals surface area contributed by atoms with Crippen LogP contribution in [0.3, 0.4) is 0 Å². The molecule has 0 aliphatic carbocycles. The van der Waals surface area contributed by atoms with E-state index in [4.69, 9.17) is 0 Å². The van der Waals surface area contributed by atoms with Crippen molar-refractivity contribution in [2.24, 2.45) is 5.92 Å². The predicted octanol–water partition coefficient (Wildman–Crippen LogP) is 1.00. The summed E-state index contributed by atoms with van der Waals surface area (Å²) in [5.74, 6) is -1.14. The van der Waals surface area contributed by atoms with Gasteiger partial charge in [0.25, 0.3) is 0 Å². The first kappa shape index (κ1) is 10.4. The highest BCUT2D eigenvalue weighted by Crippen LogP contribution is 2.04. The van der Waals surface area contributed by atoms with Crippen molar-refractivity contribution in [3.05, 3.63) is 0 Å². The Bertz CT molecular complexity index is 128. The van der Waals surface area contributed by atoms with Gasteiger partial charge >= 0.3 is 5.97 Å².